The van der Waals surface area contributed by atoms with Crippen LogP contribution in [0.5, 0.6) is 0 Å². The molecule has 0 bridgehead atoms. The Labute approximate surface area is 103 Å². The summed E-state index contributed by atoms with van der Waals surface area (Å²) in [6.07, 6.45) is 1.86. The molecule has 3 heterocycles. The Morgan fingerprint density at radius 3 is 2.88 bits per heavy atom. The van der Waals surface area contributed by atoms with Crippen LogP contribution in [-0.2, 0) is 0 Å². The fourth-order valence-corrected chi connectivity index (χ4v) is 2.13. The number of nitrogens with two attached hydrogens (primary N) is 1. The summed E-state index contributed by atoms with van der Waals surface area (Å²) in [4.78, 5) is 4.29. The lowest BCUT2D eigenvalue weighted by Gasteiger charge is -2.00. The Balaban J connectivity index is 2.35. The van der Waals surface area contributed by atoms with Crippen LogP contribution in [0, 0.1) is 6.92 Å². The summed E-state index contributed by atoms with van der Waals surface area (Å²) in [5, 5.41) is 0.382. The van der Waals surface area contributed by atoms with Gasteiger partial charge in [-0.05, 0) is 31.2 Å². The molecule has 5 heteroatoms. The first-order chi connectivity index (χ1) is 8.16. The number of furan rings is 1. The maximum absolute atomic E-state index is 6.09. The van der Waals surface area contributed by atoms with E-state index in [-0.39, 0.29) is 0 Å². The van der Waals surface area contributed by atoms with Crippen molar-refractivity contribution >= 4 is 22.8 Å². The summed E-state index contributed by atoms with van der Waals surface area (Å²) in [5.41, 5.74) is 7.18. The molecule has 0 aliphatic carbocycles. The molecule has 0 aliphatic rings. The SMILES string of the molecule is Cc1ccc(-c2nc(Cl)c3c(N)cccn23)o1. The van der Waals surface area contributed by atoms with Gasteiger partial charge in [0.25, 0.3) is 0 Å². The van der Waals surface area contributed by atoms with Crippen LogP contribution in [0.25, 0.3) is 17.1 Å². The van der Waals surface area contributed by atoms with Gasteiger partial charge in [0.2, 0.25) is 0 Å². The minimum atomic E-state index is 0.382. The van der Waals surface area contributed by atoms with Crippen molar-refractivity contribution in [2.24, 2.45) is 0 Å². The average Bonchev–Trinajstić information content (AvgIpc) is 2.84. The summed E-state index contributed by atoms with van der Waals surface area (Å²) in [5.74, 6) is 2.16. The zero-order valence-corrected chi connectivity index (χ0v) is 9.90. The average molecular weight is 248 g/mol. The van der Waals surface area contributed by atoms with Gasteiger partial charge in [0.15, 0.2) is 16.7 Å². The molecule has 86 valence electrons. The van der Waals surface area contributed by atoms with Crippen molar-refractivity contribution in [1.29, 1.82) is 0 Å². The molecule has 0 atom stereocenters. The highest BCUT2D eigenvalue weighted by molar-refractivity contribution is 6.33. The molecule has 3 rings (SSSR count). The summed E-state index contributed by atoms with van der Waals surface area (Å²) in [7, 11) is 0. The van der Waals surface area contributed by atoms with Gasteiger partial charge < -0.3 is 10.2 Å². The van der Waals surface area contributed by atoms with Gasteiger partial charge in [-0.2, -0.15) is 0 Å². The van der Waals surface area contributed by atoms with Gasteiger partial charge in [-0.15, -0.1) is 0 Å². The molecule has 2 N–H and O–H groups in total. The maximum Gasteiger partial charge on any atom is 0.182 e. The number of aromatic nitrogens is 2. The molecule has 0 aliphatic heterocycles. The van der Waals surface area contributed by atoms with Crippen molar-refractivity contribution in [3.8, 4) is 11.6 Å². The number of halogens is 1. The number of nitrogens with zero attached hydrogens (tertiary/aromatic N) is 2. The number of fused-ring (bicyclic) bond motifs is 1. The van der Waals surface area contributed by atoms with Gasteiger partial charge in [0, 0.05) is 6.20 Å². The van der Waals surface area contributed by atoms with E-state index in [0.29, 0.717) is 27.9 Å². The third kappa shape index (κ3) is 1.49. The van der Waals surface area contributed by atoms with E-state index in [1.807, 2.05) is 35.7 Å². The van der Waals surface area contributed by atoms with Gasteiger partial charge in [-0.1, -0.05) is 11.6 Å². The lowest BCUT2D eigenvalue weighted by Crippen LogP contribution is -1.92. The Kier molecular flexibility index (Phi) is 2.12. The van der Waals surface area contributed by atoms with Crippen molar-refractivity contribution in [3.05, 3.63) is 41.4 Å². The molecule has 0 amide bonds. The number of rotatable bonds is 1. The maximum atomic E-state index is 6.09. The van der Waals surface area contributed by atoms with Crippen LogP contribution >= 0.6 is 11.6 Å². The summed E-state index contributed by atoms with van der Waals surface area (Å²) < 4.78 is 7.38. The Hall–Kier alpha value is -1.94. The highest BCUT2D eigenvalue weighted by Gasteiger charge is 2.15. The third-order valence-electron chi connectivity index (χ3n) is 2.61. The van der Waals surface area contributed by atoms with Crippen LogP contribution < -0.4 is 5.73 Å². The monoisotopic (exact) mass is 247 g/mol. The number of hydrogen-bond acceptors (Lipinski definition) is 3. The van der Waals surface area contributed by atoms with Crippen molar-refractivity contribution < 1.29 is 4.42 Å². The fourth-order valence-electron chi connectivity index (χ4n) is 1.85. The van der Waals surface area contributed by atoms with Crippen LogP contribution in [-0.4, -0.2) is 9.38 Å². The van der Waals surface area contributed by atoms with Crippen molar-refractivity contribution in [2.45, 2.75) is 6.92 Å². The predicted octanol–water partition coefficient (Wildman–Crippen LogP) is 3.14. The first kappa shape index (κ1) is 10.2. The van der Waals surface area contributed by atoms with E-state index in [4.69, 9.17) is 21.8 Å². The van der Waals surface area contributed by atoms with E-state index in [1.165, 1.54) is 0 Å². The second kappa shape index (κ2) is 3.53. The van der Waals surface area contributed by atoms with E-state index < -0.39 is 0 Å². The molecule has 0 saturated heterocycles. The highest BCUT2D eigenvalue weighted by Crippen LogP contribution is 2.29. The molecule has 3 aromatic rings. The number of nitrogen functional groups attached to an aromatic ring is 1. The molecule has 4 nitrogen and oxygen atoms in total. The Bertz CT molecular complexity index is 699. The van der Waals surface area contributed by atoms with Gasteiger partial charge >= 0.3 is 0 Å². The minimum Gasteiger partial charge on any atom is -0.458 e. The normalized spacial score (nSPS) is 11.2. The number of anilines is 1. The predicted molar refractivity (Wildman–Crippen MR) is 67.1 cm³/mol. The Morgan fingerprint density at radius 2 is 2.18 bits per heavy atom. The lowest BCUT2D eigenvalue weighted by molar-refractivity contribution is 0.544. The number of hydrogen-bond donors (Lipinski definition) is 1. The van der Waals surface area contributed by atoms with Crippen LogP contribution in [0.1, 0.15) is 5.76 Å². The number of imidazole rings is 1. The van der Waals surface area contributed by atoms with Crippen LogP contribution in [0.3, 0.4) is 0 Å². The van der Waals surface area contributed by atoms with E-state index in [1.54, 1.807) is 6.07 Å². The van der Waals surface area contributed by atoms with Crippen LogP contribution in [0.4, 0.5) is 5.69 Å². The van der Waals surface area contributed by atoms with Crippen LogP contribution in [0.15, 0.2) is 34.9 Å². The second-order valence-electron chi connectivity index (χ2n) is 3.82. The molecule has 0 aromatic carbocycles. The molecule has 17 heavy (non-hydrogen) atoms. The first-order valence-corrected chi connectivity index (χ1v) is 5.53. The molecule has 3 aromatic heterocycles. The summed E-state index contributed by atoms with van der Waals surface area (Å²) >= 11 is 6.09. The topological polar surface area (TPSA) is 56.5 Å². The molecular weight excluding hydrogens is 238 g/mol. The quantitative estimate of drug-likeness (QED) is 0.719. The molecule has 0 fully saturated rings. The van der Waals surface area contributed by atoms with Gasteiger partial charge in [0.1, 0.15) is 11.3 Å². The molecule has 0 unspecified atom stereocenters. The van der Waals surface area contributed by atoms with E-state index in [2.05, 4.69) is 4.98 Å². The third-order valence-corrected chi connectivity index (χ3v) is 2.88. The summed E-state index contributed by atoms with van der Waals surface area (Å²) in [6, 6.07) is 7.39. The fraction of sp³-hybridized carbons (Fsp3) is 0.0833. The van der Waals surface area contributed by atoms with E-state index >= 15 is 0 Å². The number of aryl methyl sites for hydroxylation is 1. The van der Waals surface area contributed by atoms with Gasteiger partial charge in [-0.3, -0.25) is 4.40 Å². The van der Waals surface area contributed by atoms with Crippen molar-refractivity contribution in [2.75, 3.05) is 5.73 Å². The molecule has 0 radical (unpaired) electrons. The zero-order valence-electron chi connectivity index (χ0n) is 9.14. The minimum absolute atomic E-state index is 0.382. The standard InChI is InChI=1S/C12H10ClN3O/c1-7-4-5-9(17-7)12-15-11(13)10-8(14)3-2-6-16(10)12/h2-6H,14H2,1H3. The molecule has 0 spiro atoms. The van der Waals surface area contributed by atoms with Gasteiger partial charge in [0.05, 0.1) is 5.69 Å². The highest BCUT2D eigenvalue weighted by atomic mass is 35.5. The van der Waals surface area contributed by atoms with Crippen LogP contribution in [0.2, 0.25) is 5.15 Å². The Morgan fingerprint density at radius 1 is 1.35 bits per heavy atom. The number of pyridine rings is 1. The summed E-state index contributed by atoms with van der Waals surface area (Å²) in [6.45, 7) is 1.88. The molecular formula is C12H10ClN3O. The van der Waals surface area contributed by atoms with Crippen molar-refractivity contribution in [1.82, 2.24) is 9.38 Å². The van der Waals surface area contributed by atoms with Crippen molar-refractivity contribution in [3.63, 3.8) is 0 Å². The van der Waals surface area contributed by atoms with Gasteiger partial charge in [-0.25, -0.2) is 4.98 Å². The smallest absolute Gasteiger partial charge is 0.182 e. The van der Waals surface area contributed by atoms with E-state index in [0.717, 1.165) is 5.76 Å². The zero-order chi connectivity index (χ0) is 12.0. The first-order valence-electron chi connectivity index (χ1n) is 5.15. The molecule has 0 saturated carbocycles. The van der Waals surface area contributed by atoms with E-state index in [9.17, 15) is 0 Å². The lowest BCUT2D eigenvalue weighted by atomic mass is 10.3. The second-order valence-corrected chi connectivity index (χ2v) is 4.18. The largest absolute Gasteiger partial charge is 0.458 e.